The summed E-state index contributed by atoms with van der Waals surface area (Å²) in [6.07, 6.45) is 0. The predicted molar refractivity (Wildman–Crippen MR) is 84.1 cm³/mol. The first kappa shape index (κ1) is 13.9. The first-order chi connectivity index (χ1) is 9.45. The fourth-order valence-electron chi connectivity index (χ4n) is 2.19. The highest BCUT2D eigenvalue weighted by molar-refractivity contribution is 6.00. The molecule has 0 heterocycles. The second kappa shape index (κ2) is 5.65. The lowest BCUT2D eigenvalue weighted by Gasteiger charge is -2.13. The molecule has 2 aromatic rings. The molecule has 0 unspecified atom stereocenters. The van der Waals surface area contributed by atoms with Gasteiger partial charge >= 0.3 is 6.03 Å². The van der Waals surface area contributed by atoms with E-state index >= 15 is 0 Å². The van der Waals surface area contributed by atoms with Crippen molar-refractivity contribution in [1.82, 2.24) is 0 Å². The number of carbonyl (C=O) groups excluding carboxylic acids is 1. The van der Waals surface area contributed by atoms with E-state index in [-0.39, 0.29) is 6.03 Å². The number of nitrogen functional groups attached to an aromatic ring is 1. The third kappa shape index (κ3) is 3.29. The molecule has 0 fully saturated rings. The van der Waals surface area contributed by atoms with E-state index in [9.17, 15) is 4.79 Å². The highest BCUT2D eigenvalue weighted by atomic mass is 16.2. The molecule has 0 aliphatic rings. The number of aryl methyl sites for hydroxylation is 3. The Bertz CT molecular complexity index is 627. The van der Waals surface area contributed by atoms with Gasteiger partial charge in [0.1, 0.15) is 0 Å². The maximum absolute atomic E-state index is 12.0. The van der Waals surface area contributed by atoms with E-state index in [2.05, 4.69) is 10.6 Å². The number of hydrogen-bond donors (Lipinski definition) is 3. The molecule has 2 amide bonds. The second-order valence-corrected chi connectivity index (χ2v) is 4.98. The SMILES string of the molecule is Cc1cccc(NC(=O)Nc2c(C)cc(N)cc2C)c1. The fraction of sp³-hybridized carbons (Fsp3) is 0.188. The number of benzene rings is 2. The van der Waals surface area contributed by atoms with Crippen LogP contribution in [0.2, 0.25) is 0 Å². The van der Waals surface area contributed by atoms with Gasteiger partial charge in [-0.15, -0.1) is 0 Å². The predicted octanol–water partition coefficient (Wildman–Crippen LogP) is 3.84. The molecule has 4 N–H and O–H groups in total. The first-order valence-corrected chi connectivity index (χ1v) is 6.47. The van der Waals surface area contributed by atoms with Gasteiger partial charge in [-0.05, 0) is 61.7 Å². The van der Waals surface area contributed by atoms with E-state index < -0.39 is 0 Å². The summed E-state index contributed by atoms with van der Waals surface area (Å²) in [6, 6.07) is 11.1. The van der Waals surface area contributed by atoms with Crippen LogP contribution in [0.15, 0.2) is 36.4 Å². The van der Waals surface area contributed by atoms with Gasteiger partial charge in [-0.3, -0.25) is 0 Å². The third-order valence-electron chi connectivity index (χ3n) is 3.07. The molecular formula is C16H19N3O. The molecule has 20 heavy (non-hydrogen) atoms. The highest BCUT2D eigenvalue weighted by Gasteiger charge is 2.08. The molecule has 0 aliphatic heterocycles. The number of nitrogens with one attached hydrogen (secondary N) is 2. The van der Waals surface area contributed by atoms with Gasteiger partial charge in [0, 0.05) is 17.1 Å². The van der Waals surface area contributed by atoms with Crippen LogP contribution in [0.1, 0.15) is 16.7 Å². The Morgan fingerprint density at radius 3 is 2.25 bits per heavy atom. The molecule has 2 rings (SSSR count). The minimum absolute atomic E-state index is 0.258. The van der Waals surface area contributed by atoms with Crippen molar-refractivity contribution in [2.75, 3.05) is 16.4 Å². The molecule has 0 atom stereocenters. The molecule has 0 bridgehead atoms. The van der Waals surface area contributed by atoms with Crippen molar-refractivity contribution in [3.8, 4) is 0 Å². The number of amides is 2. The first-order valence-electron chi connectivity index (χ1n) is 6.47. The number of rotatable bonds is 2. The molecule has 0 saturated carbocycles. The summed E-state index contributed by atoms with van der Waals surface area (Å²) < 4.78 is 0. The van der Waals surface area contributed by atoms with Gasteiger partial charge in [0.25, 0.3) is 0 Å². The zero-order chi connectivity index (χ0) is 14.7. The van der Waals surface area contributed by atoms with Gasteiger partial charge in [0.15, 0.2) is 0 Å². The number of anilines is 3. The van der Waals surface area contributed by atoms with Gasteiger partial charge in [-0.1, -0.05) is 12.1 Å². The Hall–Kier alpha value is -2.49. The monoisotopic (exact) mass is 269 g/mol. The summed E-state index contributed by atoms with van der Waals surface area (Å²) in [5, 5.41) is 5.69. The molecule has 104 valence electrons. The van der Waals surface area contributed by atoms with Gasteiger partial charge in [0.2, 0.25) is 0 Å². The molecule has 0 radical (unpaired) electrons. The normalized spacial score (nSPS) is 10.2. The van der Waals surface area contributed by atoms with Crippen LogP contribution in [-0.2, 0) is 0 Å². The van der Waals surface area contributed by atoms with Crippen molar-refractivity contribution >= 4 is 23.1 Å². The van der Waals surface area contributed by atoms with Crippen LogP contribution in [0, 0.1) is 20.8 Å². The van der Waals surface area contributed by atoms with Gasteiger partial charge in [-0.25, -0.2) is 4.79 Å². The summed E-state index contributed by atoms with van der Waals surface area (Å²) >= 11 is 0. The molecule has 0 aromatic heterocycles. The smallest absolute Gasteiger partial charge is 0.323 e. The molecular weight excluding hydrogens is 250 g/mol. The summed E-state index contributed by atoms with van der Waals surface area (Å²) in [5.74, 6) is 0. The second-order valence-electron chi connectivity index (χ2n) is 4.98. The van der Waals surface area contributed by atoms with Crippen molar-refractivity contribution in [3.63, 3.8) is 0 Å². The number of nitrogens with two attached hydrogens (primary N) is 1. The van der Waals surface area contributed by atoms with E-state index in [0.29, 0.717) is 5.69 Å². The number of urea groups is 1. The number of hydrogen-bond acceptors (Lipinski definition) is 2. The third-order valence-corrected chi connectivity index (χ3v) is 3.07. The average molecular weight is 269 g/mol. The van der Waals surface area contributed by atoms with Crippen molar-refractivity contribution in [3.05, 3.63) is 53.1 Å². The van der Waals surface area contributed by atoms with Gasteiger partial charge in [0.05, 0.1) is 0 Å². The Kier molecular flexibility index (Phi) is 3.94. The van der Waals surface area contributed by atoms with Crippen LogP contribution < -0.4 is 16.4 Å². The lowest BCUT2D eigenvalue weighted by atomic mass is 10.1. The molecule has 2 aromatic carbocycles. The fourth-order valence-corrected chi connectivity index (χ4v) is 2.19. The van der Waals surface area contributed by atoms with E-state index in [0.717, 1.165) is 28.1 Å². The quantitative estimate of drug-likeness (QED) is 0.725. The minimum Gasteiger partial charge on any atom is -0.399 e. The van der Waals surface area contributed by atoms with E-state index in [1.165, 1.54) is 0 Å². The molecule has 4 heteroatoms. The topological polar surface area (TPSA) is 67.2 Å². The molecule has 0 aliphatic carbocycles. The standard InChI is InChI=1S/C16H19N3O/c1-10-5-4-6-14(7-10)18-16(20)19-15-11(2)8-13(17)9-12(15)3/h4-9H,17H2,1-3H3,(H2,18,19,20). The number of carbonyl (C=O) groups is 1. The Labute approximate surface area is 119 Å². The van der Waals surface area contributed by atoms with Crippen LogP contribution in [0.3, 0.4) is 0 Å². The molecule has 4 nitrogen and oxygen atoms in total. The van der Waals surface area contributed by atoms with E-state index in [4.69, 9.17) is 5.73 Å². The minimum atomic E-state index is -0.258. The van der Waals surface area contributed by atoms with E-state index in [1.807, 2.05) is 57.2 Å². The lowest BCUT2D eigenvalue weighted by molar-refractivity contribution is 0.262. The van der Waals surface area contributed by atoms with Crippen molar-refractivity contribution in [2.45, 2.75) is 20.8 Å². The zero-order valence-corrected chi connectivity index (χ0v) is 11.9. The Balaban J connectivity index is 2.13. The van der Waals surface area contributed by atoms with Gasteiger partial charge in [-0.2, -0.15) is 0 Å². The van der Waals surface area contributed by atoms with Crippen molar-refractivity contribution < 1.29 is 4.79 Å². The van der Waals surface area contributed by atoms with Crippen LogP contribution in [-0.4, -0.2) is 6.03 Å². The summed E-state index contributed by atoms with van der Waals surface area (Å²) in [7, 11) is 0. The maximum Gasteiger partial charge on any atom is 0.323 e. The molecule has 0 spiro atoms. The summed E-state index contributed by atoms with van der Waals surface area (Å²) in [6.45, 7) is 5.83. The van der Waals surface area contributed by atoms with E-state index in [1.54, 1.807) is 0 Å². The lowest BCUT2D eigenvalue weighted by Crippen LogP contribution is -2.20. The summed E-state index contributed by atoms with van der Waals surface area (Å²) in [5.41, 5.74) is 11.0. The average Bonchev–Trinajstić information content (AvgIpc) is 2.33. The van der Waals surface area contributed by atoms with Crippen LogP contribution >= 0.6 is 0 Å². The van der Waals surface area contributed by atoms with Crippen LogP contribution in [0.4, 0.5) is 21.9 Å². The van der Waals surface area contributed by atoms with Crippen molar-refractivity contribution in [2.24, 2.45) is 0 Å². The summed E-state index contributed by atoms with van der Waals surface area (Å²) in [4.78, 5) is 12.0. The highest BCUT2D eigenvalue weighted by Crippen LogP contribution is 2.23. The Morgan fingerprint density at radius 2 is 1.65 bits per heavy atom. The van der Waals surface area contributed by atoms with Crippen LogP contribution in [0.25, 0.3) is 0 Å². The molecule has 0 saturated heterocycles. The largest absolute Gasteiger partial charge is 0.399 e. The van der Waals surface area contributed by atoms with Gasteiger partial charge < -0.3 is 16.4 Å². The maximum atomic E-state index is 12.0. The zero-order valence-electron chi connectivity index (χ0n) is 11.9. The van der Waals surface area contributed by atoms with Crippen molar-refractivity contribution in [1.29, 1.82) is 0 Å². The van der Waals surface area contributed by atoms with Crippen LogP contribution in [0.5, 0.6) is 0 Å². The Morgan fingerprint density at radius 1 is 1.00 bits per heavy atom.